The molecule has 0 saturated heterocycles. The zero-order valence-electron chi connectivity index (χ0n) is 14.4. The summed E-state index contributed by atoms with van der Waals surface area (Å²) in [6.45, 7) is 5.02. The van der Waals surface area contributed by atoms with Gasteiger partial charge in [-0.2, -0.15) is 4.98 Å². The molecule has 0 fully saturated rings. The Morgan fingerprint density at radius 3 is 3.00 bits per heavy atom. The number of ether oxygens (including phenoxy) is 2. The molecular formula is C17H22BN3O4. The molecule has 0 spiro atoms. The monoisotopic (exact) mass is 343 g/mol. The molecule has 1 unspecified atom stereocenters. The van der Waals surface area contributed by atoms with E-state index in [2.05, 4.69) is 9.97 Å². The number of rotatable bonds is 7. The molecule has 0 aliphatic carbocycles. The van der Waals surface area contributed by atoms with Crippen LogP contribution in [0.4, 0.5) is 0 Å². The first-order valence-corrected chi connectivity index (χ1v) is 8.44. The van der Waals surface area contributed by atoms with E-state index in [0.717, 1.165) is 29.4 Å². The maximum Gasteiger partial charge on any atom is 0.492 e. The quantitative estimate of drug-likeness (QED) is 0.580. The average molecular weight is 343 g/mol. The van der Waals surface area contributed by atoms with E-state index in [0.29, 0.717) is 24.8 Å². The van der Waals surface area contributed by atoms with E-state index in [1.807, 2.05) is 19.9 Å². The van der Waals surface area contributed by atoms with Crippen molar-refractivity contribution in [2.45, 2.75) is 32.8 Å². The van der Waals surface area contributed by atoms with E-state index in [9.17, 15) is 5.02 Å². The number of aryl methyl sites for hydroxylation is 1. The molecule has 2 aromatic rings. The molecule has 132 valence electrons. The van der Waals surface area contributed by atoms with Gasteiger partial charge in [-0.25, -0.2) is 4.98 Å². The lowest BCUT2D eigenvalue weighted by molar-refractivity contribution is 0.186. The third-order valence-electron chi connectivity index (χ3n) is 4.05. The predicted molar refractivity (Wildman–Crippen MR) is 94.2 cm³/mol. The van der Waals surface area contributed by atoms with E-state index in [1.165, 1.54) is 0 Å². The van der Waals surface area contributed by atoms with Crippen molar-refractivity contribution < 1.29 is 19.2 Å². The third kappa shape index (κ3) is 3.92. The number of aromatic nitrogens is 2. The summed E-state index contributed by atoms with van der Waals surface area (Å²) in [5.41, 5.74) is 8.24. The fraction of sp³-hybridized carbons (Fsp3) is 0.412. The van der Waals surface area contributed by atoms with Gasteiger partial charge in [0.2, 0.25) is 5.88 Å². The van der Waals surface area contributed by atoms with Gasteiger partial charge in [0.05, 0.1) is 12.7 Å². The van der Waals surface area contributed by atoms with E-state index >= 15 is 0 Å². The van der Waals surface area contributed by atoms with Gasteiger partial charge in [0, 0.05) is 12.3 Å². The third-order valence-corrected chi connectivity index (χ3v) is 4.05. The Morgan fingerprint density at radius 1 is 1.40 bits per heavy atom. The minimum Gasteiger partial charge on any atom is -0.463 e. The number of nitrogens with zero attached hydrogens (tertiary/aromatic N) is 2. The zero-order chi connectivity index (χ0) is 17.8. The lowest BCUT2D eigenvalue weighted by atomic mass is 9.77. The van der Waals surface area contributed by atoms with Crippen LogP contribution < -0.4 is 20.7 Å². The fourth-order valence-electron chi connectivity index (χ4n) is 2.91. The van der Waals surface area contributed by atoms with Crippen LogP contribution in [0.2, 0.25) is 0 Å². The first-order valence-electron chi connectivity index (χ1n) is 8.44. The van der Waals surface area contributed by atoms with Crippen LogP contribution in [0.3, 0.4) is 0 Å². The Kier molecular flexibility index (Phi) is 5.52. The molecule has 1 aromatic carbocycles. The highest BCUT2D eigenvalue weighted by Gasteiger charge is 2.35. The SMILES string of the molecule is CCC1OB(O)c2cc(Oc3ccnc(OCCCN)n3)cc(C)c21. The van der Waals surface area contributed by atoms with Gasteiger partial charge in [0.15, 0.2) is 0 Å². The molecule has 1 aromatic heterocycles. The van der Waals surface area contributed by atoms with Gasteiger partial charge in [0.1, 0.15) is 5.75 Å². The van der Waals surface area contributed by atoms with Gasteiger partial charge in [-0.15, -0.1) is 0 Å². The summed E-state index contributed by atoms with van der Waals surface area (Å²) in [7, 11) is -0.928. The molecule has 25 heavy (non-hydrogen) atoms. The maximum atomic E-state index is 10.1. The minimum absolute atomic E-state index is 0.0827. The second kappa shape index (κ2) is 7.82. The highest BCUT2D eigenvalue weighted by atomic mass is 16.5. The van der Waals surface area contributed by atoms with Gasteiger partial charge < -0.3 is 24.9 Å². The summed E-state index contributed by atoms with van der Waals surface area (Å²) in [4.78, 5) is 8.27. The summed E-state index contributed by atoms with van der Waals surface area (Å²) in [6, 6.07) is 5.61. The Hall–Kier alpha value is -2.16. The van der Waals surface area contributed by atoms with Gasteiger partial charge >= 0.3 is 13.1 Å². The number of fused-ring (bicyclic) bond motifs is 1. The largest absolute Gasteiger partial charge is 0.492 e. The van der Waals surface area contributed by atoms with Crippen molar-refractivity contribution in [2.75, 3.05) is 13.2 Å². The molecule has 2 heterocycles. The van der Waals surface area contributed by atoms with Gasteiger partial charge in [-0.3, -0.25) is 0 Å². The van der Waals surface area contributed by atoms with Crippen molar-refractivity contribution in [3.8, 4) is 17.6 Å². The van der Waals surface area contributed by atoms with Gasteiger partial charge in [0.25, 0.3) is 0 Å². The Balaban J connectivity index is 1.79. The van der Waals surface area contributed by atoms with E-state index in [4.69, 9.17) is 19.9 Å². The van der Waals surface area contributed by atoms with Crippen LogP contribution >= 0.6 is 0 Å². The van der Waals surface area contributed by atoms with Crippen molar-refractivity contribution in [3.63, 3.8) is 0 Å². The molecule has 7 nitrogen and oxygen atoms in total. The summed E-state index contributed by atoms with van der Waals surface area (Å²) < 4.78 is 16.8. The molecule has 1 aliphatic heterocycles. The van der Waals surface area contributed by atoms with Crippen LogP contribution in [-0.4, -0.2) is 35.3 Å². The van der Waals surface area contributed by atoms with Crippen LogP contribution in [-0.2, 0) is 4.65 Å². The number of nitrogens with two attached hydrogens (primary N) is 1. The van der Waals surface area contributed by atoms with Crippen LogP contribution in [0.15, 0.2) is 24.4 Å². The lowest BCUT2D eigenvalue weighted by Gasteiger charge is -2.13. The highest BCUT2D eigenvalue weighted by molar-refractivity contribution is 6.61. The average Bonchev–Trinajstić information content (AvgIpc) is 2.92. The topological polar surface area (TPSA) is 99.7 Å². The number of hydrogen-bond donors (Lipinski definition) is 2. The number of benzene rings is 1. The summed E-state index contributed by atoms with van der Waals surface area (Å²) >= 11 is 0. The second-order valence-electron chi connectivity index (χ2n) is 5.90. The standard InChI is InChI=1S/C17H22BN3O4/c1-3-14-16-11(2)9-12(10-13(16)18(22)25-14)24-15-5-7-20-17(21-15)23-8-4-6-19/h5,7,9-10,14,22H,3-4,6,8,19H2,1-2H3. The Labute approximate surface area is 147 Å². The minimum atomic E-state index is -0.928. The normalized spacial score (nSPS) is 16.0. The second-order valence-corrected chi connectivity index (χ2v) is 5.90. The van der Waals surface area contributed by atoms with Crippen molar-refractivity contribution in [1.82, 2.24) is 9.97 Å². The van der Waals surface area contributed by atoms with Gasteiger partial charge in [-0.05, 0) is 55.0 Å². The van der Waals surface area contributed by atoms with Crippen molar-refractivity contribution in [2.24, 2.45) is 5.73 Å². The van der Waals surface area contributed by atoms with Gasteiger partial charge in [-0.1, -0.05) is 6.92 Å². The van der Waals surface area contributed by atoms with Crippen LogP contribution in [0.1, 0.15) is 37.0 Å². The molecule has 0 bridgehead atoms. The van der Waals surface area contributed by atoms with E-state index < -0.39 is 7.12 Å². The highest BCUT2D eigenvalue weighted by Crippen LogP contribution is 2.32. The van der Waals surface area contributed by atoms with E-state index in [-0.39, 0.29) is 12.1 Å². The first kappa shape index (κ1) is 17.7. The molecule has 3 N–H and O–H groups in total. The van der Waals surface area contributed by atoms with Crippen LogP contribution in [0.25, 0.3) is 0 Å². The molecule has 0 radical (unpaired) electrons. The van der Waals surface area contributed by atoms with Crippen molar-refractivity contribution in [1.29, 1.82) is 0 Å². The molecule has 0 amide bonds. The smallest absolute Gasteiger partial charge is 0.463 e. The summed E-state index contributed by atoms with van der Waals surface area (Å²) in [6.07, 6.45) is 3.03. The molecule has 1 atom stereocenters. The van der Waals surface area contributed by atoms with E-state index in [1.54, 1.807) is 18.3 Å². The van der Waals surface area contributed by atoms with Crippen molar-refractivity contribution >= 4 is 12.6 Å². The molecule has 1 aliphatic rings. The molecular weight excluding hydrogens is 321 g/mol. The summed E-state index contributed by atoms with van der Waals surface area (Å²) in [5, 5.41) is 10.1. The Bertz CT molecular complexity index is 744. The molecule has 3 rings (SSSR count). The molecule has 0 saturated carbocycles. The Morgan fingerprint density at radius 2 is 2.24 bits per heavy atom. The zero-order valence-corrected chi connectivity index (χ0v) is 14.4. The lowest BCUT2D eigenvalue weighted by Crippen LogP contribution is -2.28. The molecule has 8 heteroatoms. The van der Waals surface area contributed by atoms with Crippen LogP contribution in [0.5, 0.6) is 17.6 Å². The predicted octanol–water partition coefficient (Wildman–Crippen LogP) is 1.47. The first-order chi connectivity index (χ1) is 12.1. The number of hydrogen-bond acceptors (Lipinski definition) is 7. The van der Waals surface area contributed by atoms with Crippen molar-refractivity contribution in [3.05, 3.63) is 35.5 Å². The fourth-order valence-corrected chi connectivity index (χ4v) is 2.91. The van der Waals surface area contributed by atoms with Crippen LogP contribution in [0, 0.1) is 6.92 Å². The maximum absolute atomic E-state index is 10.1. The summed E-state index contributed by atoms with van der Waals surface area (Å²) in [5.74, 6) is 0.958.